The summed E-state index contributed by atoms with van der Waals surface area (Å²) in [5, 5.41) is 20.1. The molecule has 1 aromatic carbocycles. The number of aromatic nitrogens is 2. The summed E-state index contributed by atoms with van der Waals surface area (Å²) >= 11 is 5.74. The molecule has 0 saturated heterocycles. The van der Waals surface area contributed by atoms with Crippen molar-refractivity contribution >= 4 is 34.8 Å². The minimum Gasteiger partial charge on any atom is -0.351 e. The molecule has 0 aliphatic carbocycles. The zero-order chi connectivity index (χ0) is 18.6. The van der Waals surface area contributed by atoms with Crippen molar-refractivity contribution in [3.63, 3.8) is 0 Å². The lowest BCUT2D eigenvalue weighted by Crippen LogP contribution is -2.27. The van der Waals surface area contributed by atoms with E-state index in [2.05, 4.69) is 15.7 Å². The van der Waals surface area contributed by atoms with Crippen molar-refractivity contribution < 1.29 is 14.5 Å². The van der Waals surface area contributed by atoms with Crippen LogP contribution in [0, 0.1) is 10.1 Å². The summed E-state index contributed by atoms with van der Waals surface area (Å²) in [7, 11) is 1.57. The molecule has 0 aliphatic rings. The number of rotatable bonds is 6. The molecule has 0 radical (unpaired) electrons. The van der Waals surface area contributed by atoms with Crippen LogP contribution in [0.3, 0.4) is 0 Å². The van der Waals surface area contributed by atoms with Gasteiger partial charge in [-0.15, -0.1) is 0 Å². The summed E-state index contributed by atoms with van der Waals surface area (Å²) in [6.45, 7) is 2.40. The third-order valence-electron chi connectivity index (χ3n) is 3.34. The molecular formula is C15H16ClN5O4. The first-order valence-electron chi connectivity index (χ1n) is 7.40. The summed E-state index contributed by atoms with van der Waals surface area (Å²) in [6, 6.07) is 3.70. The fourth-order valence-corrected chi connectivity index (χ4v) is 2.30. The number of carbonyl (C=O) groups excluding carboxylic acids is 2. The Morgan fingerprint density at radius 2 is 2.08 bits per heavy atom. The van der Waals surface area contributed by atoms with E-state index in [-0.39, 0.29) is 33.6 Å². The molecule has 0 fully saturated rings. The lowest BCUT2D eigenvalue weighted by Gasteiger charge is -2.08. The van der Waals surface area contributed by atoms with Crippen molar-refractivity contribution in [1.29, 1.82) is 0 Å². The molecule has 10 heteroatoms. The van der Waals surface area contributed by atoms with Crippen molar-refractivity contribution in [2.75, 3.05) is 11.9 Å². The highest BCUT2D eigenvalue weighted by Gasteiger charge is 2.21. The maximum atomic E-state index is 12.4. The highest BCUT2D eigenvalue weighted by Crippen LogP contribution is 2.25. The number of hydrogen-bond donors (Lipinski definition) is 2. The number of nitrogens with zero attached hydrogens (tertiary/aromatic N) is 3. The van der Waals surface area contributed by atoms with Gasteiger partial charge < -0.3 is 10.6 Å². The Morgan fingerprint density at radius 3 is 2.72 bits per heavy atom. The number of nitro benzene ring substituents is 1. The van der Waals surface area contributed by atoms with Gasteiger partial charge in [0, 0.05) is 25.2 Å². The normalized spacial score (nSPS) is 10.4. The summed E-state index contributed by atoms with van der Waals surface area (Å²) in [5.41, 5.74) is 0.0604. The summed E-state index contributed by atoms with van der Waals surface area (Å²) < 4.78 is 1.34. The molecule has 2 N–H and O–H groups in total. The van der Waals surface area contributed by atoms with Gasteiger partial charge in [-0.2, -0.15) is 5.10 Å². The van der Waals surface area contributed by atoms with Crippen LogP contribution in [0.4, 0.5) is 11.4 Å². The Morgan fingerprint density at radius 1 is 1.36 bits per heavy atom. The van der Waals surface area contributed by atoms with Gasteiger partial charge in [-0.05, 0) is 18.6 Å². The number of benzene rings is 1. The zero-order valence-corrected chi connectivity index (χ0v) is 14.3. The second-order valence-corrected chi connectivity index (χ2v) is 5.57. The lowest BCUT2D eigenvalue weighted by molar-refractivity contribution is -0.384. The van der Waals surface area contributed by atoms with Gasteiger partial charge >= 0.3 is 0 Å². The van der Waals surface area contributed by atoms with Crippen LogP contribution in [0.15, 0.2) is 24.4 Å². The van der Waals surface area contributed by atoms with Crippen LogP contribution in [0.2, 0.25) is 5.02 Å². The fraction of sp³-hybridized carbons (Fsp3) is 0.267. The second kappa shape index (κ2) is 7.75. The first-order valence-corrected chi connectivity index (χ1v) is 7.78. The van der Waals surface area contributed by atoms with Gasteiger partial charge in [-0.3, -0.25) is 24.4 Å². The lowest BCUT2D eigenvalue weighted by atomic mass is 10.2. The predicted octanol–water partition coefficient (Wildman–Crippen LogP) is 2.37. The summed E-state index contributed by atoms with van der Waals surface area (Å²) in [5.74, 6) is -0.989. The van der Waals surface area contributed by atoms with Crippen LogP contribution in [-0.4, -0.2) is 33.1 Å². The smallest absolute Gasteiger partial charge is 0.288 e. The van der Waals surface area contributed by atoms with Crippen LogP contribution in [0.1, 0.15) is 34.2 Å². The average molecular weight is 366 g/mol. The molecule has 0 spiro atoms. The third-order valence-corrected chi connectivity index (χ3v) is 3.66. The van der Waals surface area contributed by atoms with E-state index in [1.807, 2.05) is 6.92 Å². The van der Waals surface area contributed by atoms with Crippen molar-refractivity contribution in [2.24, 2.45) is 7.05 Å². The van der Waals surface area contributed by atoms with Gasteiger partial charge in [0.15, 0.2) is 0 Å². The molecule has 25 heavy (non-hydrogen) atoms. The first kappa shape index (κ1) is 18.4. The number of anilines is 1. The molecule has 0 bridgehead atoms. The zero-order valence-electron chi connectivity index (χ0n) is 13.6. The van der Waals surface area contributed by atoms with Gasteiger partial charge in [0.25, 0.3) is 17.5 Å². The Labute approximate surface area is 148 Å². The molecule has 2 amide bonds. The molecule has 1 heterocycles. The van der Waals surface area contributed by atoms with Gasteiger partial charge in [-0.1, -0.05) is 18.5 Å². The molecule has 2 aromatic rings. The van der Waals surface area contributed by atoms with Crippen molar-refractivity contribution in [2.45, 2.75) is 13.3 Å². The maximum absolute atomic E-state index is 12.4. The SMILES string of the molecule is CCCNC(=O)c1c(NC(=O)c2ccc(Cl)c([N+](=O)[O-])c2)cnn1C. The maximum Gasteiger partial charge on any atom is 0.288 e. The monoisotopic (exact) mass is 365 g/mol. The minimum atomic E-state index is -0.674. The fourth-order valence-electron chi connectivity index (χ4n) is 2.11. The summed E-state index contributed by atoms with van der Waals surface area (Å²) in [4.78, 5) is 34.8. The average Bonchev–Trinajstić information content (AvgIpc) is 2.93. The van der Waals surface area contributed by atoms with E-state index in [1.165, 1.54) is 23.0 Å². The van der Waals surface area contributed by atoms with Crippen LogP contribution in [0.5, 0.6) is 0 Å². The summed E-state index contributed by atoms with van der Waals surface area (Å²) in [6.07, 6.45) is 2.10. The third kappa shape index (κ3) is 4.13. The van der Waals surface area contributed by atoms with E-state index < -0.39 is 10.8 Å². The number of nitrogens with one attached hydrogen (secondary N) is 2. The van der Waals surface area contributed by atoms with Crippen molar-refractivity contribution in [1.82, 2.24) is 15.1 Å². The van der Waals surface area contributed by atoms with E-state index >= 15 is 0 Å². The second-order valence-electron chi connectivity index (χ2n) is 5.16. The van der Waals surface area contributed by atoms with Gasteiger partial charge in [-0.25, -0.2) is 0 Å². The van der Waals surface area contributed by atoms with E-state index in [0.717, 1.165) is 12.5 Å². The molecular weight excluding hydrogens is 350 g/mol. The van der Waals surface area contributed by atoms with Crippen molar-refractivity contribution in [3.8, 4) is 0 Å². The Balaban J connectivity index is 2.26. The molecule has 9 nitrogen and oxygen atoms in total. The molecule has 0 aliphatic heterocycles. The van der Waals surface area contributed by atoms with Crippen LogP contribution < -0.4 is 10.6 Å². The van der Waals surface area contributed by atoms with Gasteiger partial charge in [0.2, 0.25) is 0 Å². The number of halogens is 1. The van der Waals surface area contributed by atoms with Crippen LogP contribution in [0.25, 0.3) is 0 Å². The van der Waals surface area contributed by atoms with Gasteiger partial charge in [0.05, 0.1) is 16.8 Å². The number of aryl methyl sites for hydroxylation is 1. The number of carbonyl (C=O) groups is 2. The first-order chi connectivity index (χ1) is 11.8. The molecule has 0 atom stereocenters. The Kier molecular flexibility index (Phi) is 5.71. The highest BCUT2D eigenvalue weighted by molar-refractivity contribution is 6.32. The highest BCUT2D eigenvalue weighted by atomic mass is 35.5. The predicted molar refractivity (Wildman–Crippen MR) is 91.9 cm³/mol. The number of nitro groups is 1. The number of hydrogen-bond acceptors (Lipinski definition) is 5. The van der Waals surface area contributed by atoms with E-state index in [4.69, 9.17) is 11.6 Å². The largest absolute Gasteiger partial charge is 0.351 e. The molecule has 2 rings (SSSR count). The topological polar surface area (TPSA) is 119 Å². The van der Waals surface area contributed by atoms with Gasteiger partial charge in [0.1, 0.15) is 10.7 Å². The minimum absolute atomic E-state index is 0.0415. The quantitative estimate of drug-likeness (QED) is 0.601. The molecule has 132 valence electrons. The standard InChI is InChI=1S/C15H16ClN5O4/c1-3-6-17-15(23)13-11(8-18-20(13)2)19-14(22)9-4-5-10(16)12(7-9)21(24)25/h4-5,7-8H,3,6H2,1-2H3,(H,17,23)(H,19,22). The van der Waals surface area contributed by atoms with Crippen LogP contribution in [-0.2, 0) is 7.05 Å². The van der Waals surface area contributed by atoms with E-state index in [0.29, 0.717) is 6.54 Å². The number of amides is 2. The molecule has 1 aromatic heterocycles. The molecule has 0 saturated carbocycles. The molecule has 0 unspecified atom stereocenters. The van der Waals surface area contributed by atoms with Crippen molar-refractivity contribution in [3.05, 3.63) is 50.8 Å². The Hall–Kier alpha value is -2.94. The Bertz CT molecular complexity index is 833. The van der Waals surface area contributed by atoms with E-state index in [1.54, 1.807) is 7.05 Å². The van der Waals surface area contributed by atoms with Crippen LogP contribution >= 0.6 is 11.6 Å². The van der Waals surface area contributed by atoms with E-state index in [9.17, 15) is 19.7 Å².